The summed E-state index contributed by atoms with van der Waals surface area (Å²) in [5, 5.41) is 20.8. The molecule has 1 atom stereocenters. The number of ether oxygens (including phenoxy) is 1. The fourth-order valence-corrected chi connectivity index (χ4v) is 5.51. The molecule has 1 N–H and O–H groups in total. The zero-order valence-electron chi connectivity index (χ0n) is 17.5. The second-order valence-electron chi connectivity index (χ2n) is 7.69. The Balaban J connectivity index is 1.69. The van der Waals surface area contributed by atoms with Gasteiger partial charge in [0.25, 0.3) is 0 Å². The Hall–Kier alpha value is -2.63. The molecule has 0 aliphatic carbocycles. The molecule has 31 heavy (non-hydrogen) atoms. The number of amides is 1. The predicted molar refractivity (Wildman–Crippen MR) is 125 cm³/mol. The molecule has 4 rings (SSSR count). The number of hydrogen-bond acceptors (Lipinski definition) is 6. The summed E-state index contributed by atoms with van der Waals surface area (Å²) in [4.78, 5) is 17.0. The number of rotatable bonds is 3. The summed E-state index contributed by atoms with van der Waals surface area (Å²) in [6, 6.07) is 12.1. The molecule has 0 aromatic heterocycles. The highest BCUT2D eigenvalue weighted by atomic mass is 79.9. The van der Waals surface area contributed by atoms with Crippen LogP contribution < -0.4 is 9.64 Å². The van der Waals surface area contributed by atoms with E-state index >= 15 is 0 Å². The molecule has 0 spiro atoms. The van der Waals surface area contributed by atoms with Gasteiger partial charge < -0.3 is 14.7 Å². The van der Waals surface area contributed by atoms with Crippen LogP contribution in [0.5, 0.6) is 11.5 Å². The Kier molecular flexibility index (Phi) is 5.91. The van der Waals surface area contributed by atoms with Crippen molar-refractivity contribution in [2.24, 2.45) is 0 Å². The number of nitriles is 1. The number of fused-ring (bicyclic) bond motifs is 1. The Labute approximate surface area is 194 Å². The quantitative estimate of drug-likeness (QED) is 0.640. The topological polar surface area (TPSA) is 76.8 Å². The van der Waals surface area contributed by atoms with Crippen LogP contribution in [0.4, 0.5) is 5.69 Å². The van der Waals surface area contributed by atoms with Crippen LogP contribution >= 0.6 is 27.7 Å². The van der Waals surface area contributed by atoms with Crippen molar-refractivity contribution >= 4 is 39.3 Å². The monoisotopic (exact) mass is 499 g/mol. The average Bonchev–Trinajstić information content (AvgIpc) is 2.77. The number of halogens is 1. The number of benzene rings is 2. The molecule has 2 heterocycles. The minimum absolute atomic E-state index is 0.00255. The lowest BCUT2D eigenvalue weighted by Crippen LogP contribution is -2.47. The number of aryl methyl sites for hydroxylation is 2. The van der Waals surface area contributed by atoms with Gasteiger partial charge in [-0.15, -0.1) is 0 Å². The first-order valence-electron chi connectivity index (χ1n) is 9.80. The van der Waals surface area contributed by atoms with Crippen LogP contribution in [0.3, 0.4) is 0 Å². The van der Waals surface area contributed by atoms with E-state index < -0.39 is 0 Å². The number of methoxy groups -OCH3 is 1. The first kappa shape index (κ1) is 21.6. The molecule has 0 radical (unpaired) electrons. The van der Waals surface area contributed by atoms with Crippen LogP contribution in [0.2, 0.25) is 0 Å². The standard InChI is InChI=1S/C23H22BrN3O3S/c1-13-4-5-16(6-14(13)2)26-11-27-21(28)9-17(18(10-25)23(27)31-12-26)15-7-19(24)22(29)20(8-15)30-3/h4-8,17,29H,9,11-12H2,1-3H3. The maximum absolute atomic E-state index is 13.1. The van der Waals surface area contributed by atoms with E-state index in [0.717, 1.165) is 11.3 Å². The van der Waals surface area contributed by atoms with Crippen LogP contribution in [0.25, 0.3) is 0 Å². The molecule has 1 unspecified atom stereocenters. The van der Waals surface area contributed by atoms with Gasteiger partial charge in [0, 0.05) is 18.0 Å². The van der Waals surface area contributed by atoms with Crippen LogP contribution in [-0.2, 0) is 4.79 Å². The molecule has 8 heteroatoms. The van der Waals surface area contributed by atoms with Crippen LogP contribution in [0, 0.1) is 25.2 Å². The van der Waals surface area contributed by atoms with Gasteiger partial charge in [-0.3, -0.25) is 9.69 Å². The summed E-state index contributed by atoms with van der Waals surface area (Å²) in [5.74, 6) is 0.552. The van der Waals surface area contributed by atoms with E-state index in [1.165, 1.54) is 30.0 Å². The normalized spacial score (nSPS) is 18.7. The van der Waals surface area contributed by atoms with Gasteiger partial charge in [-0.25, -0.2) is 0 Å². The Morgan fingerprint density at radius 2 is 2.03 bits per heavy atom. The molecule has 1 amide bonds. The summed E-state index contributed by atoms with van der Waals surface area (Å²) in [5.41, 5.74) is 4.83. The Morgan fingerprint density at radius 3 is 2.71 bits per heavy atom. The number of aromatic hydroxyl groups is 1. The molecule has 2 aromatic rings. The molecule has 1 fully saturated rings. The molecule has 6 nitrogen and oxygen atoms in total. The van der Waals surface area contributed by atoms with Crippen LogP contribution in [-0.4, -0.2) is 35.6 Å². The number of thioether (sulfide) groups is 1. The summed E-state index contributed by atoms with van der Waals surface area (Å²) >= 11 is 4.85. The third kappa shape index (κ3) is 3.88. The lowest BCUT2D eigenvalue weighted by atomic mass is 9.86. The highest BCUT2D eigenvalue weighted by Gasteiger charge is 2.38. The van der Waals surface area contributed by atoms with E-state index in [9.17, 15) is 15.2 Å². The molecular weight excluding hydrogens is 478 g/mol. The van der Waals surface area contributed by atoms with Crippen molar-refractivity contribution < 1.29 is 14.6 Å². The Morgan fingerprint density at radius 1 is 1.26 bits per heavy atom. The van der Waals surface area contributed by atoms with Crippen molar-refractivity contribution in [3.63, 3.8) is 0 Å². The molecule has 2 aliphatic rings. The third-order valence-corrected chi connectivity index (χ3v) is 7.58. The minimum atomic E-state index is -0.379. The van der Waals surface area contributed by atoms with E-state index in [1.54, 1.807) is 17.0 Å². The van der Waals surface area contributed by atoms with Gasteiger partial charge >= 0.3 is 0 Å². The SMILES string of the molecule is COc1cc(C2CC(=O)N3CN(c4ccc(C)c(C)c4)CSC3=C2C#N)cc(Br)c1O. The number of carbonyl (C=O) groups is 1. The van der Waals surface area contributed by atoms with Gasteiger partial charge in [0.2, 0.25) is 5.91 Å². The van der Waals surface area contributed by atoms with Gasteiger partial charge in [0.15, 0.2) is 11.5 Å². The zero-order chi connectivity index (χ0) is 22.3. The molecule has 2 aliphatic heterocycles. The zero-order valence-corrected chi connectivity index (χ0v) is 19.9. The van der Waals surface area contributed by atoms with E-state index in [-0.39, 0.29) is 24.0 Å². The second kappa shape index (κ2) is 8.48. The molecule has 0 bridgehead atoms. The summed E-state index contributed by atoms with van der Waals surface area (Å²) in [6.45, 7) is 4.58. The van der Waals surface area contributed by atoms with Gasteiger partial charge in [0.05, 0.1) is 40.8 Å². The number of phenols is 1. The third-order valence-electron chi connectivity index (χ3n) is 5.82. The molecule has 2 aromatic carbocycles. The van der Waals surface area contributed by atoms with Crippen LogP contribution in [0.15, 0.2) is 45.4 Å². The molecule has 0 saturated carbocycles. The van der Waals surface area contributed by atoms with Gasteiger partial charge in [0.1, 0.15) is 0 Å². The lowest BCUT2D eigenvalue weighted by molar-refractivity contribution is -0.129. The smallest absolute Gasteiger partial charge is 0.229 e. The molecule has 1 saturated heterocycles. The van der Waals surface area contributed by atoms with E-state index in [0.29, 0.717) is 33.4 Å². The maximum Gasteiger partial charge on any atom is 0.229 e. The predicted octanol–water partition coefficient (Wildman–Crippen LogP) is 5.00. The number of allylic oxidation sites excluding steroid dienone is 1. The fraction of sp³-hybridized carbons (Fsp3) is 0.304. The second-order valence-corrected chi connectivity index (χ2v) is 9.47. The first-order valence-corrected chi connectivity index (χ1v) is 11.6. The highest BCUT2D eigenvalue weighted by Crippen LogP contribution is 2.46. The lowest BCUT2D eigenvalue weighted by Gasteiger charge is -2.42. The largest absolute Gasteiger partial charge is 0.503 e. The maximum atomic E-state index is 13.1. The minimum Gasteiger partial charge on any atom is -0.503 e. The van der Waals surface area contributed by atoms with E-state index in [4.69, 9.17) is 4.74 Å². The van der Waals surface area contributed by atoms with Crippen molar-refractivity contribution in [1.82, 2.24) is 4.90 Å². The number of carbonyl (C=O) groups excluding carboxylic acids is 1. The number of hydrogen-bond donors (Lipinski definition) is 1. The fourth-order valence-electron chi connectivity index (χ4n) is 3.88. The summed E-state index contributed by atoms with van der Waals surface area (Å²) < 4.78 is 5.72. The van der Waals surface area contributed by atoms with Crippen LogP contribution in [0.1, 0.15) is 29.0 Å². The molecule has 160 valence electrons. The first-order chi connectivity index (χ1) is 14.8. The van der Waals surface area contributed by atoms with Crippen molar-refractivity contribution in [1.29, 1.82) is 5.26 Å². The van der Waals surface area contributed by atoms with Gasteiger partial charge in [-0.05, 0) is 70.7 Å². The molecular formula is C23H22BrN3O3S. The number of nitrogens with zero attached hydrogens (tertiary/aromatic N) is 3. The van der Waals surface area contributed by atoms with Gasteiger partial charge in [-0.1, -0.05) is 17.8 Å². The van der Waals surface area contributed by atoms with E-state index in [2.05, 4.69) is 58.9 Å². The van der Waals surface area contributed by atoms with Crippen molar-refractivity contribution in [3.05, 3.63) is 62.1 Å². The van der Waals surface area contributed by atoms with Crippen molar-refractivity contribution in [3.8, 4) is 17.6 Å². The average molecular weight is 500 g/mol. The number of anilines is 1. The van der Waals surface area contributed by atoms with Gasteiger partial charge in [-0.2, -0.15) is 5.26 Å². The van der Waals surface area contributed by atoms with Crippen molar-refractivity contribution in [2.75, 3.05) is 24.6 Å². The highest BCUT2D eigenvalue weighted by molar-refractivity contribution is 9.10. The summed E-state index contributed by atoms with van der Waals surface area (Å²) in [6.07, 6.45) is 0.189. The number of phenolic OH excluding ortho intramolecular Hbond substituents is 1. The van der Waals surface area contributed by atoms with E-state index in [1.807, 2.05) is 0 Å². The van der Waals surface area contributed by atoms with Crippen molar-refractivity contribution in [2.45, 2.75) is 26.2 Å². The Bertz CT molecular complexity index is 1140. The summed E-state index contributed by atoms with van der Waals surface area (Å²) in [7, 11) is 1.47.